The van der Waals surface area contributed by atoms with Crippen LogP contribution >= 0.6 is 11.8 Å². The summed E-state index contributed by atoms with van der Waals surface area (Å²) < 4.78 is 0. The lowest BCUT2D eigenvalue weighted by molar-refractivity contribution is -0.119. The fraction of sp³-hybridized carbons (Fsp3) is 0.571. The van der Waals surface area contributed by atoms with E-state index in [9.17, 15) is 9.59 Å². The van der Waals surface area contributed by atoms with E-state index >= 15 is 0 Å². The molecule has 4 fully saturated rings. The number of thioether (sulfide) groups is 1. The van der Waals surface area contributed by atoms with Gasteiger partial charge >= 0.3 is 6.03 Å². The number of carbonyl (C=O) groups excluding carboxylic acids is 2. The van der Waals surface area contributed by atoms with Crippen molar-refractivity contribution in [2.75, 3.05) is 0 Å². The average molecular weight is 399 g/mol. The number of nitrogens with one attached hydrogen (secondary N) is 3. The van der Waals surface area contributed by atoms with Crippen molar-refractivity contribution in [3.05, 3.63) is 24.3 Å². The number of aromatic amines is 1. The van der Waals surface area contributed by atoms with Crippen LogP contribution in [0.25, 0.3) is 11.0 Å². The molecule has 0 unspecified atom stereocenters. The molecule has 1 aromatic carbocycles. The second kappa shape index (κ2) is 6.79. The van der Waals surface area contributed by atoms with Crippen LogP contribution in [0.5, 0.6) is 0 Å². The van der Waals surface area contributed by atoms with Gasteiger partial charge in [-0.15, -0.1) is 0 Å². The van der Waals surface area contributed by atoms with Gasteiger partial charge in [-0.05, 0) is 75.3 Å². The first-order valence-corrected chi connectivity index (χ1v) is 11.1. The van der Waals surface area contributed by atoms with Crippen LogP contribution in [0.4, 0.5) is 4.79 Å². The molecule has 3 amide bonds. The Balaban J connectivity index is 1.18. The molecular weight excluding hydrogens is 372 g/mol. The predicted molar refractivity (Wildman–Crippen MR) is 109 cm³/mol. The number of para-hydroxylation sites is 2. The van der Waals surface area contributed by atoms with Crippen molar-refractivity contribution in [2.24, 2.45) is 17.8 Å². The number of hydrogen-bond donors (Lipinski definition) is 3. The minimum Gasteiger partial charge on any atom is -0.333 e. The van der Waals surface area contributed by atoms with Crippen molar-refractivity contribution in [1.29, 1.82) is 0 Å². The molecule has 6 nitrogen and oxygen atoms in total. The normalized spacial score (nSPS) is 31.7. The van der Waals surface area contributed by atoms with Crippen molar-refractivity contribution in [3.8, 4) is 0 Å². The Morgan fingerprint density at radius 3 is 2.43 bits per heavy atom. The third-order valence-electron chi connectivity index (χ3n) is 6.68. The van der Waals surface area contributed by atoms with Crippen LogP contribution in [0.2, 0.25) is 0 Å². The number of amides is 3. The van der Waals surface area contributed by atoms with E-state index in [-0.39, 0.29) is 17.5 Å². The number of imidazole rings is 1. The van der Waals surface area contributed by atoms with Crippen LogP contribution in [0.15, 0.2) is 29.4 Å². The number of fused-ring (bicyclic) bond motifs is 1. The van der Waals surface area contributed by atoms with Gasteiger partial charge in [0, 0.05) is 5.54 Å². The molecular formula is C21H26N4O2S. The molecule has 4 bridgehead atoms. The van der Waals surface area contributed by atoms with Gasteiger partial charge in [-0.2, -0.15) is 0 Å². The van der Waals surface area contributed by atoms with Crippen LogP contribution in [0.1, 0.15) is 45.4 Å². The number of hydrogen-bond acceptors (Lipinski definition) is 4. The van der Waals surface area contributed by atoms with Gasteiger partial charge in [-0.1, -0.05) is 23.9 Å². The molecule has 0 radical (unpaired) electrons. The number of benzene rings is 1. The molecule has 148 valence electrons. The molecule has 4 aliphatic rings. The first kappa shape index (κ1) is 18.0. The molecule has 6 rings (SSSR count). The summed E-state index contributed by atoms with van der Waals surface area (Å²) in [7, 11) is 0. The fourth-order valence-electron chi connectivity index (χ4n) is 5.96. The predicted octanol–water partition coefficient (Wildman–Crippen LogP) is 3.84. The van der Waals surface area contributed by atoms with E-state index in [0.717, 1.165) is 48.0 Å². The minimum atomic E-state index is -0.414. The van der Waals surface area contributed by atoms with Crippen LogP contribution in [-0.2, 0) is 4.79 Å². The van der Waals surface area contributed by atoms with Gasteiger partial charge in [-0.3, -0.25) is 10.1 Å². The Morgan fingerprint density at radius 1 is 1.14 bits per heavy atom. The molecule has 0 aliphatic heterocycles. The van der Waals surface area contributed by atoms with Gasteiger partial charge in [0.25, 0.3) is 0 Å². The molecule has 4 saturated carbocycles. The Bertz CT molecular complexity index is 856. The zero-order valence-corrected chi connectivity index (χ0v) is 16.8. The van der Waals surface area contributed by atoms with E-state index in [1.165, 1.54) is 31.0 Å². The van der Waals surface area contributed by atoms with E-state index in [0.29, 0.717) is 5.16 Å². The molecule has 1 aromatic heterocycles. The third kappa shape index (κ3) is 3.41. The highest BCUT2D eigenvalue weighted by Crippen LogP contribution is 2.55. The molecule has 0 saturated heterocycles. The zero-order chi connectivity index (χ0) is 19.3. The van der Waals surface area contributed by atoms with Gasteiger partial charge in [0.1, 0.15) is 0 Å². The highest BCUT2D eigenvalue weighted by molar-refractivity contribution is 8.00. The monoisotopic (exact) mass is 398 g/mol. The maximum absolute atomic E-state index is 12.6. The summed E-state index contributed by atoms with van der Waals surface area (Å²) in [5, 5.41) is 6.02. The highest BCUT2D eigenvalue weighted by Gasteiger charge is 2.51. The van der Waals surface area contributed by atoms with E-state index < -0.39 is 5.25 Å². The van der Waals surface area contributed by atoms with Crippen LogP contribution in [0, 0.1) is 17.8 Å². The number of H-pyrrole nitrogens is 1. The van der Waals surface area contributed by atoms with Crippen molar-refractivity contribution in [1.82, 2.24) is 20.6 Å². The van der Waals surface area contributed by atoms with Crippen LogP contribution in [0.3, 0.4) is 0 Å². The summed E-state index contributed by atoms with van der Waals surface area (Å²) in [4.78, 5) is 32.8. The average Bonchev–Trinajstić information content (AvgIpc) is 3.02. The second-order valence-electron chi connectivity index (χ2n) is 8.96. The molecule has 0 spiro atoms. The first-order chi connectivity index (χ1) is 13.5. The fourth-order valence-corrected chi connectivity index (χ4v) is 6.78. The lowest BCUT2D eigenvalue weighted by Gasteiger charge is -2.56. The van der Waals surface area contributed by atoms with E-state index in [4.69, 9.17) is 0 Å². The lowest BCUT2D eigenvalue weighted by atomic mass is 9.53. The smallest absolute Gasteiger partial charge is 0.321 e. The van der Waals surface area contributed by atoms with E-state index in [1.807, 2.05) is 24.3 Å². The largest absolute Gasteiger partial charge is 0.333 e. The van der Waals surface area contributed by atoms with Crippen molar-refractivity contribution in [2.45, 2.75) is 61.4 Å². The molecule has 7 heteroatoms. The summed E-state index contributed by atoms with van der Waals surface area (Å²) in [5.74, 6) is 1.98. The lowest BCUT2D eigenvalue weighted by Crippen LogP contribution is -2.62. The van der Waals surface area contributed by atoms with E-state index in [2.05, 4.69) is 20.6 Å². The van der Waals surface area contributed by atoms with Gasteiger partial charge < -0.3 is 10.3 Å². The summed E-state index contributed by atoms with van der Waals surface area (Å²) in [6, 6.07) is 7.42. The van der Waals surface area contributed by atoms with Gasteiger partial charge in [-0.25, -0.2) is 9.78 Å². The third-order valence-corrected chi connectivity index (χ3v) is 7.66. The molecule has 2 aromatic rings. The number of nitrogens with zero attached hydrogens (tertiary/aromatic N) is 1. The summed E-state index contributed by atoms with van der Waals surface area (Å²) in [5.41, 5.74) is 1.73. The molecule has 1 heterocycles. The Labute approximate surface area is 168 Å². The summed E-state index contributed by atoms with van der Waals surface area (Å²) in [6.07, 6.45) is 7.20. The Morgan fingerprint density at radius 2 is 1.79 bits per heavy atom. The first-order valence-electron chi connectivity index (χ1n) is 10.2. The molecule has 4 aliphatic carbocycles. The minimum absolute atomic E-state index is 0.0891. The molecule has 3 N–H and O–H groups in total. The maximum atomic E-state index is 12.6. The second-order valence-corrected chi connectivity index (χ2v) is 10.3. The van der Waals surface area contributed by atoms with Crippen molar-refractivity contribution >= 4 is 34.7 Å². The van der Waals surface area contributed by atoms with E-state index in [1.54, 1.807) is 6.92 Å². The number of carbonyl (C=O) groups is 2. The topological polar surface area (TPSA) is 86.9 Å². The Hall–Kier alpha value is -2.02. The number of rotatable bonds is 4. The van der Waals surface area contributed by atoms with Gasteiger partial charge in [0.2, 0.25) is 5.91 Å². The SMILES string of the molecule is C[C@@H](Sc1nc2ccccc2[nH]1)C(=O)NC(=O)NC12CC3CC(CC(C3)C1)C2. The Kier molecular flexibility index (Phi) is 4.38. The molecule has 28 heavy (non-hydrogen) atoms. The number of aromatic nitrogens is 2. The van der Waals surface area contributed by atoms with Crippen LogP contribution < -0.4 is 10.6 Å². The maximum Gasteiger partial charge on any atom is 0.321 e. The van der Waals surface area contributed by atoms with Crippen molar-refractivity contribution in [3.63, 3.8) is 0 Å². The zero-order valence-electron chi connectivity index (χ0n) is 16.0. The summed E-state index contributed by atoms with van der Waals surface area (Å²) >= 11 is 1.33. The van der Waals surface area contributed by atoms with Crippen molar-refractivity contribution < 1.29 is 9.59 Å². The number of imide groups is 1. The highest BCUT2D eigenvalue weighted by atomic mass is 32.2. The standard InChI is InChI=1S/C21H26N4O2S/c1-12(28-20-22-16-4-2-3-5-17(16)23-20)18(26)24-19(27)25-21-9-13-6-14(10-21)8-15(7-13)11-21/h2-5,12-15H,6-11H2,1H3,(H,22,23)(H2,24,25,26,27)/t12-,13?,14?,15?,21?/m1/s1. The molecule has 1 atom stereocenters. The quantitative estimate of drug-likeness (QED) is 0.683. The van der Waals surface area contributed by atoms with Gasteiger partial charge in [0.05, 0.1) is 16.3 Å². The van der Waals surface area contributed by atoms with Gasteiger partial charge in [0.15, 0.2) is 5.16 Å². The van der Waals surface area contributed by atoms with Crippen LogP contribution in [-0.4, -0.2) is 32.7 Å². The number of urea groups is 1. The summed E-state index contributed by atoms with van der Waals surface area (Å²) in [6.45, 7) is 1.80.